The molecule has 0 spiro atoms. The zero-order valence-electron chi connectivity index (χ0n) is 11.9. The van der Waals surface area contributed by atoms with Crippen LogP contribution in [0.4, 0.5) is 0 Å². The van der Waals surface area contributed by atoms with Crippen LogP contribution in [-0.4, -0.2) is 22.3 Å². The highest BCUT2D eigenvalue weighted by Gasteiger charge is 2.48. The van der Waals surface area contributed by atoms with Gasteiger partial charge in [0, 0.05) is 12.8 Å². The Morgan fingerprint density at radius 2 is 1.47 bits per heavy atom. The zero-order chi connectivity index (χ0) is 14.1. The summed E-state index contributed by atoms with van der Waals surface area (Å²) in [7, 11) is 0. The molecule has 0 bridgehead atoms. The standard InChI is InChI=1S/C15H22N2O2/c1-14(2)9-12(18)17(13(19)10-14)15(11-16)7-5-3-4-6-8-15/h3-10H2,1-2H3. The molecule has 0 aromatic heterocycles. The largest absolute Gasteiger partial charge is 0.274 e. The summed E-state index contributed by atoms with van der Waals surface area (Å²) in [6.07, 6.45) is 6.03. The van der Waals surface area contributed by atoms with Crippen LogP contribution in [0, 0.1) is 16.7 Å². The van der Waals surface area contributed by atoms with E-state index >= 15 is 0 Å². The summed E-state index contributed by atoms with van der Waals surface area (Å²) in [4.78, 5) is 26.0. The summed E-state index contributed by atoms with van der Waals surface area (Å²) in [6, 6.07) is 2.30. The van der Waals surface area contributed by atoms with Crippen molar-refractivity contribution in [1.82, 2.24) is 4.90 Å². The first-order chi connectivity index (χ1) is 8.90. The van der Waals surface area contributed by atoms with Gasteiger partial charge in [0.25, 0.3) is 0 Å². The van der Waals surface area contributed by atoms with Gasteiger partial charge in [-0.2, -0.15) is 5.26 Å². The second kappa shape index (κ2) is 4.96. The molecule has 4 nitrogen and oxygen atoms in total. The number of hydrogen-bond acceptors (Lipinski definition) is 3. The molecule has 19 heavy (non-hydrogen) atoms. The highest BCUT2D eigenvalue weighted by molar-refractivity contribution is 5.99. The maximum atomic E-state index is 12.3. The van der Waals surface area contributed by atoms with Crippen LogP contribution < -0.4 is 0 Å². The molecule has 2 fully saturated rings. The Hall–Kier alpha value is -1.37. The number of likely N-dealkylation sites (tertiary alicyclic amines) is 1. The van der Waals surface area contributed by atoms with Gasteiger partial charge in [-0.3, -0.25) is 14.5 Å². The number of carbonyl (C=O) groups is 2. The summed E-state index contributed by atoms with van der Waals surface area (Å²) < 4.78 is 0. The third-order valence-corrected chi connectivity index (χ3v) is 4.33. The lowest BCUT2D eigenvalue weighted by Gasteiger charge is -2.43. The Morgan fingerprint density at radius 1 is 1.00 bits per heavy atom. The summed E-state index contributed by atoms with van der Waals surface area (Å²) in [5.74, 6) is -0.325. The normalized spacial score (nSPS) is 26.7. The fraction of sp³-hybridized carbons (Fsp3) is 0.800. The van der Waals surface area contributed by atoms with Gasteiger partial charge in [-0.15, -0.1) is 0 Å². The number of imide groups is 1. The minimum atomic E-state index is -0.874. The number of nitriles is 1. The predicted octanol–water partition coefficient (Wildman–Crippen LogP) is 2.78. The third-order valence-electron chi connectivity index (χ3n) is 4.33. The highest BCUT2D eigenvalue weighted by atomic mass is 16.2. The Balaban J connectivity index is 2.30. The van der Waals surface area contributed by atoms with Crippen molar-refractivity contribution < 1.29 is 9.59 Å². The molecule has 0 aromatic rings. The van der Waals surface area contributed by atoms with Crippen LogP contribution in [0.1, 0.15) is 65.2 Å². The van der Waals surface area contributed by atoms with Crippen molar-refractivity contribution in [1.29, 1.82) is 5.26 Å². The van der Waals surface area contributed by atoms with Crippen LogP contribution in [-0.2, 0) is 9.59 Å². The van der Waals surface area contributed by atoms with Gasteiger partial charge in [0.2, 0.25) is 11.8 Å². The maximum absolute atomic E-state index is 12.3. The van der Waals surface area contributed by atoms with Crippen molar-refractivity contribution in [3.05, 3.63) is 0 Å². The lowest BCUT2D eigenvalue weighted by molar-refractivity contribution is -0.158. The van der Waals surface area contributed by atoms with Crippen molar-refractivity contribution in [3.8, 4) is 6.07 Å². The van der Waals surface area contributed by atoms with Gasteiger partial charge in [-0.05, 0) is 18.3 Å². The van der Waals surface area contributed by atoms with Crippen LogP contribution in [0.25, 0.3) is 0 Å². The molecular formula is C15H22N2O2. The predicted molar refractivity (Wildman–Crippen MR) is 70.9 cm³/mol. The van der Waals surface area contributed by atoms with Gasteiger partial charge in [0.05, 0.1) is 6.07 Å². The van der Waals surface area contributed by atoms with Crippen LogP contribution in [0.2, 0.25) is 0 Å². The Kier molecular flexibility index (Phi) is 3.66. The number of rotatable bonds is 1. The fourth-order valence-corrected chi connectivity index (χ4v) is 3.35. The molecule has 104 valence electrons. The van der Waals surface area contributed by atoms with Crippen molar-refractivity contribution in [2.75, 3.05) is 0 Å². The second-order valence-corrected chi connectivity index (χ2v) is 6.70. The molecule has 1 saturated heterocycles. The van der Waals surface area contributed by atoms with Crippen molar-refractivity contribution in [2.45, 2.75) is 70.8 Å². The average molecular weight is 262 g/mol. The van der Waals surface area contributed by atoms with Crippen LogP contribution in [0.3, 0.4) is 0 Å². The van der Waals surface area contributed by atoms with E-state index in [1.807, 2.05) is 13.8 Å². The highest BCUT2D eigenvalue weighted by Crippen LogP contribution is 2.39. The van der Waals surface area contributed by atoms with Crippen molar-refractivity contribution >= 4 is 11.8 Å². The molecule has 2 aliphatic rings. The first kappa shape index (κ1) is 14.0. The van der Waals surface area contributed by atoms with E-state index in [9.17, 15) is 14.9 Å². The lowest BCUT2D eigenvalue weighted by atomic mass is 9.78. The molecule has 1 heterocycles. The monoisotopic (exact) mass is 262 g/mol. The van der Waals surface area contributed by atoms with E-state index in [4.69, 9.17) is 0 Å². The SMILES string of the molecule is CC1(C)CC(=O)N(C2(C#N)CCCCCC2)C(=O)C1. The molecule has 4 heteroatoms. The van der Waals surface area contributed by atoms with Crippen molar-refractivity contribution in [2.24, 2.45) is 5.41 Å². The van der Waals surface area contributed by atoms with Crippen LogP contribution in [0.15, 0.2) is 0 Å². The zero-order valence-corrected chi connectivity index (χ0v) is 11.9. The quantitative estimate of drug-likeness (QED) is 0.539. The minimum Gasteiger partial charge on any atom is -0.274 e. The van der Waals surface area contributed by atoms with Gasteiger partial charge in [-0.1, -0.05) is 39.5 Å². The molecule has 2 amide bonds. The van der Waals surface area contributed by atoms with E-state index in [0.29, 0.717) is 25.7 Å². The van der Waals surface area contributed by atoms with E-state index in [2.05, 4.69) is 6.07 Å². The molecule has 0 aromatic carbocycles. The maximum Gasteiger partial charge on any atom is 0.231 e. The molecule has 2 rings (SSSR count). The number of amides is 2. The van der Waals surface area contributed by atoms with Gasteiger partial charge in [0.1, 0.15) is 5.54 Å². The van der Waals surface area contributed by atoms with Crippen LogP contribution >= 0.6 is 0 Å². The first-order valence-electron chi connectivity index (χ1n) is 7.17. The average Bonchev–Trinajstić information content (AvgIpc) is 2.52. The molecule has 0 N–H and O–H groups in total. The number of piperidine rings is 1. The lowest BCUT2D eigenvalue weighted by Crippen LogP contribution is -2.58. The Morgan fingerprint density at radius 3 is 1.89 bits per heavy atom. The molecule has 0 unspecified atom stereocenters. The Bertz CT molecular complexity index is 406. The third kappa shape index (κ3) is 2.65. The fourth-order valence-electron chi connectivity index (χ4n) is 3.35. The molecule has 0 radical (unpaired) electrons. The summed E-state index contributed by atoms with van der Waals surface area (Å²) in [5.41, 5.74) is -1.15. The van der Waals surface area contributed by atoms with Gasteiger partial charge in [-0.25, -0.2) is 0 Å². The summed E-state index contributed by atoms with van der Waals surface area (Å²) in [6.45, 7) is 3.87. The van der Waals surface area contributed by atoms with Crippen LogP contribution in [0.5, 0.6) is 0 Å². The van der Waals surface area contributed by atoms with Crippen molar-refractivity contribution in [3.63, 3.8) is 0 Å². The molecule has 1 aliphatic carbocycles. The second-order valence-electron chi connectivity index (χ2n) is 6.70. The van der Waals surface area contributed by atoms with E-state index in [1.54, 1.807) is 0 Å². The van der Waals surface area contributed by atoms with E-state index in [1.165, 1.54) is 4.90 Å². The van der Waals surface area contributed by atoms with E-state index in [-0.39, 0.29) is 17.2 Å². The smallest absolute Gasteiger partial charge is 0.231 e. The van der Waals surface area contributed by atoms with Gasteiger partial charge < -0.3 is 0 Å². The van der Waals surface area contributed by atoms with Gasteiger partial charge in [0.15, 0.2) is 0 Å². The summed E-state index contributed by atoms with van der Waals surface area (Å²) >= 11 is 0. The molecule has 1 saturated carbocycles. The molecule has 1 aliphatic heterocycles. The number of carbonyl (C=O) groups excluding carboxylic acids is 2. The topological polar surface area (TPSA) is 61.2 Å². The molecular weight excluding hydrogens is 240 g/mol. The van der Waals surface area contributed by atoms with E-state index < -0.39 is 5.54 Å². The first-order valence-corrected chi connectivity index (χ1v) is 7.17. The van der Waals surface area contributed by atoms with Gasteiger partial charge >= 0.3 is 0 Å². The minimum absolute atomic E-state index is 0.162. The van der Waals surface area contributed by atoms with E-state index in [0.717, 1.165) is 25.7 Å². The Labute approximate surface area is 114 Å². The number of nitrogens with zero attached hydrogens (tertiary/aromatic N) is 2. The number of hydrogen-bond donors (Lipinski definition) is 0. The molecule has 0 atom stereocenters. The summed E-state index contributed by atoms with van der Waals surface area (Å²) in [5, 5.41) is 9.59.